The van der Waals surface area contributed by atoms with Crippen molar-refractivity contribution < 1.29 is 9.90 Å². The second kappa shape index (κ2) is 4.97. The van der Waals surface area contributed by atoms with Crippen LogP contribution in [0.25, 0.3) is 0 Å². The van der Waals surface area contributed by atoms with Crippen molar-refractivity contribution in [1.82, 2.24) is 4.90 Å². The Labute approximate surface area is 104 Å². The first-order valence-corrected chi connectivity index (χ1v) is 5.83. The minimum atomic E-state index is -1.32. The van der Waals surface area contributed by atoms with Crippen LogP contribution in [-0.2, 0) is 11.3 Å². The molecule has 4 heteroatoms. The van der Waals surface area contributed by atoms with Crippen molar-refractivity contribution in [3.63, 3.8) is 0 Å². The minimum absolute atomic E-state index is 0.289. The third-order valence-corrected chi connectivity index (χ3v) is 3.01. The van der Waals surface area contributed by atoms with Crippen LogP contribution in [-0.4, -0.2) is 28.6 Å². The van der Waals surface area contributed by atoms with Gasteiger partial charge in [-0.15, -0.1) is 0 Å². The van der Waals surface area contributed by atoms with E-state index in [4.69, 9.17) is 0 Å². The van der Waals surface area contributed by atoms with Gasteiger partial charge in [0.05, 0.1) is 0 Å². The van der Waals surface area contributed by atoms with Gasteiger partial charge >= 0.3 is 0 Å². The lowest BCUT2D eigenvalue weighted by Crippen LogP contribution is -2.42. The Balaban J connectivity index is 2.76. The number of amides is 1. The van der Waals surface area contributed by atoms with E-state index >= 15 is 0 Å². The molecular weight excluding hydrogens is 270 g/mol. The first-order chi connectivity index (χ1) is 7.32. The zero-order valence-corrected chi connectivity index (χ0v) is 11.3. The number of hydrogen-bond donors (Lipinski definition) is 1. The molecular formula is C12H16BrNO2. The van der Waals surface area contributed by atoms with Crippen molar-refractivity contribution in [2.75, 3.05) is 7.05 Å². The van der Waals surface area contributed by atoms with Gasteiger partial charge in [0.25, 0.3) is 5.91 Å². The minimum Gasteiger partial charge on any atom is -0.381 e. The van der Waals surface area contributed by atoms with E-state index in [0.717, 1.165) is 10.0 Å². The Morgan fingerprint density at radius 2 is 2.00 bits per heavy atom. The van der Waals surface area contributed by atoms with E-state index in [-0.39, 0.29) is 5.91 Å². The van der Waals surface area contributed by atoms with E-state index in [0.29, 0.717) is 6.54 Å². The second-order valence-corrected chi connectivity index (χ2v) is 5.17. The quantitative estimate of drug-likeness (QED) is 0.925. The molecule has 3 nitrogen and oxygen atoms in total. The molecule has 1 N–H and O–H groups in total. The zero-order valence-electron chi connectivity index (χ0n) is 9.70. The molecule has 0 atom stereocenters. The molecule has 0 heterocycles. The SMILES string of the molecule is CN(Cc1ccccc1Br)C(=O)C(C)(C)O. The number of halogens is 1. The lowest BCUT2D eigenvalue weighted by molar-refractivity contribution is -0.146. The predicted molar refractivity (Wildman–Crippen MR) is 66.9 cm³/mol. The average molecular weight is 286 g/mol. The molecule has 0 aliphatic carbocycles. The number of likely N-dealkylation sites (N-methyl/N-ethyl adjacent to an activating group) is 1. The smallest absolute Gasteiger partial charge is 0.253 e. The van der Waals surface area contributed by atoms with E-state index in [1.165, 1.54) is 18.7 Å². The van der Waals surface area contributed by atoms with Crippen molar-refractivity contribution >= 4 is 21.8 Å². The number of carbonyl (C=O) groups excluding carboxylic acids is 1. The van der Waals surface area contributed by atoms with Crippen molar-refractivity contribution in [2.24, 2.45) is 0 Å². The summed E-state index contributed by atoms with van der Waals surface area (Å²) in [5, 5.41) is 9.60. The maximum Gasteiger partial charge on any atom is 0.253 e. The summed E-state index contributed by atoms with van der Waals surface area (Å²) >= 11 is 3.42. The Morgan fingerprint density at radius 1 is 1.44 bits per heavy atom. The van der Waals surface area contributed by atoms with E-state index in [1.807, 2.05) is 24.3 Å². The van der Waals surface area contributed by atoms with Gasteiger partial charge in [-0.05, 0) is 25.5 Å². The summed E-state index contributed by atoms with van der Waals surface area (Å²) in [7, 11) is 1.68. The van der Waals surface area contributed by atoms with Crippen LogP contribution in [0.15, 0.2) is 28.7 Å². The van der Waals surface area contributed by atoms with Crippen LogP contribution in [0.4, 0.5) is 0 Å². The standard InChI is InChI=1S/C12H16BrNO2/c1-12(2,16)11(15)14(3)8-9-6-4-5-7-10(9)13/h4-7,16H,8H2,1-3H3. The summed E-state index contributed by atoms with van der Waals surface area (Å²) < 4.78 is 0.963. The zero-order chi connectivity index (χ0) is 12.3. The van der Waals surface area contributed by atoms with Gasteiger partial charge in [-0.3, -0.25) is 4.79 Å². The predicted octanol–water partition coefficient (Wildman–Crippen LogP) is 2.18. The molecule has 1 aromatic rings. The van der Waals surface area contributed by atoms with Gasteiger partial charge in [-0.1, -0.05) is 34.1 Å². The second-order valence-electron chi connectivity index (χ2n) is 4.31. The summed E-state index contributed by atoms with van der Waals surface area (Å²) in [6.45, 7) is 3.46. The summed E-state index contributed by atoms with van der Waals surface area (Å²) in [5.74, 6) is -0.289. The molecule has 0 bridgehead atoms. The summed E-state index contributed by atoms with van der Waals surface area (Å²) in [4.78, 5) is 13.3. The highest BCUT2D eigenvalue weighted by Gasteiger charge is 2.27. The lowest BCUT2D eigenvalue weighted by atomic mass is 10.1. The molecule has 0 spiro atoms. The van der Waals surface area contributed by atoms with Crippen molar-refractivity contribution in [2.45, 2.75) is 26.0 Å². The van der Waals surface area contributed by atoms with E-state index in [1.54, 1.807) is 7.05 Å². The van der Waals surface area contributed by atoms with E-state index in [9.17, 15) is 9.90 Å². The van der Waals surface area contributed by atoms with Crippen LogP contribution in [0.5, 0.6) is 0 Å². The number of rotatable bonds is 3. The van der Waals surface area contributed by atoms with Gasteiger partial charge in [0.15, 0.2) is 0 Å². The van der Waals surface area contributed by atoms with E-state index < -0.39 is 5.60 Å². The third kappa shape index (κ3) is 3.32. The highest BCUT2D eigenvalue weighted by molar-refractivity contribution is 9.10. The molecule has 0 unspecified atom stereocenters. The van der Waals surface area contributed by atoms with Crippen molar-refractivity contribution in [3.8, 4) is 0 Å². The topological polar surface area (TPSA) is 40.5 Å². The maximum absolute atomic E-state index is 11.7. The van der Waals surface area contributed by atoms with Crippen LogP contribution in [0.2, 0.25) is 0 Å². The molecule has 0 aromatic heterocycles. The van der Waals surface area contributed by atoms with Gasteiger partial charge in [0, 0.05) is 18.1 Å². The fraction of sp³-hybridized carbons (Fsp3) is 0.417. The fourth-order valence-corrected chi connectivity index (χ4v) is 1.83. The molecule has 0 radical (unpaired) electrons. The van der Waals surface area contributed by atoms with Crippen molar-refractivity contribution in [3.05, 3.63) is 34.3 Å². The first-order valence-electron chi connectivity index (χ1n) is 5.03. The Morgan fingerprint density at radius 3 is 2.50 bits per heavy atom. The molecule has 0 aliphatic heterocycles. The largest absolute Gasteiger partial charge is 0.381 e. The van der Waals surface area contributed by atoms with Crippen molar-refractivity contribution in [1.29, 1.82) is 0 Å². The number of carbonyl (C=O) groups is 1. The van der Waals surface area contributed by atoms with Gasteiger partial charge in [0.1, 0.15) is 5.60 Å². The van der Waals surface area contributed by atoms with Gasteiger partial charge in [-0.25, -0.2) is 0 Å². The monoisotopic (exact) mass is 285 g/mol. The number of nitrogens with zero attached hydrogens (tertiary/aromatic N) is 1. The fourth-order valence-electron chi connectivity index (χ4n) is 1.42. The van der Waals surface area contributed by atoms with Crippen LogP contribution in [0, 0.1) is 0 Å². The maximum atomic E-state index is 11.7. The molecule has 88 valence electrons. The first kappa shape index (κ1) is 13.2. The molecule has 1 amide bonds. The van der Waals surface area contributed by atoms with E-state index in [2.05, 4.69) is 15.9 Å². The number of hydrogen-bond acceptors (Lipinski definition) is 2. The summed E-state index contributed by atoms with van der Waals surface area (Å²) in [6, 6.07) is 7.71. The molecule has 0 aliphatic rings. The summed E-state index contributed by atoms with van der Waals surface area (Å²) in [5.41, 5.74) is -0.307. The summed E-state index contributed by atoms with van der Waals surface area (Å²) in [6.07, 6.45) is 0. The van der Waals surface area contributed by atoms with Crippen LogP contribution >= 0.6 is 15.9 Å². The van der Waals surface area contributed by atoms with Crippen LogP contribution in [0.3, 0.4) is 0 Å². The highest BCUT2D eigenvalue weighted by Crippen LogP contribution is 2.18. The van der Waals surface area contributed by atoms with Crippen LogP contribution < -0.4 is 0 Å². The van der Waals surface area contributed by atoms with Gasteiger partial charge in [-0.2, -0.15) is 0 Å². The molecule has 1 aromatic carbocycles. The molecule has 1 rings (SSSR count). The molecule has 16 heavy (non-hydrogen) atoms. The average Bonchev–Trinajstić information content (AvgIpc) is 2.19. The van der Waals surface area contributed by atoms with Crippen LogP contribution in [0.1, 0.15) is 19.4 Å². The normalized spacial score (nSPS) is 11.3. The Hall–Kier alpha value is -0.870. The highest BCUT2D eigenvalue weighted by atomic mass is 79.9. The Bertz CT molecular complexity index is 385. The van der Waals surface area contributed by atoms with Gasteiger partial charge in [0.2, 0.25) is 0 Å². The number of aliphatic hydroxyl groups is 1. The third-order valence-electron chi connectivity index (χ3n) is 2.24. The molecule has 0 fully saturated rings. The molecule has 0 saturated carbocycles. The Kier molecular flexibility index (Phi) is 4.10. The van der Waals surface area contributed by atoms with Gasteiger partial charge < -0.3 is 10.0 Å². The number of benzene rings is 1. The lowest BCUT2D eigenvalue weighted by Gasteiger charge is -2.25. The molecule has 0 saturated heterocycles.